The molecule has 0 bridgehead atoms. The van der Waals surface area contributed by atoms with Gasteiger partial charge in [0.2, 0.25) is 11.8 Å². The van der Waals surface area contributed by atoms with Gasteiger partial charge >= 0.3 is 0 Å². The van der Waals surface area contributed by atoms with E-state index in [0.29, 0.717) is 12.3 Å². The molecule has 16 heavy (non-hydrogen) atoms. The Morgan fingerprint density at radius 2 is 2.12 bits per heavy atom. The van der Waals surface area contributed by atoms with E-state index >= 15 is 0 Å². The minimum Gasteiger partial charge on any atom is -0.296 e. The lowest BCUT2D eigenvalue weighted by Crippen LogP contribution is -2.41. The number of carbonyl (C=O) groups is 2. The molecule has 1 rings (SSSR count). The lowest BCUT2D eigenvalue weighted by molar-refractivity contribution is -0.136. The molecule has 1 aliphatic heterocycles. The number of amides is 2. The van der Waals surface area contributed by atoms with Crippen LogP contribution in [0.2, 0.25) is 0 Å². The van der Waals surface area contributed by atoms with Crippen molar-refractivity contribution in [2.75, 3.05) is 0 Å². The standard InChI is InChI=1S/C13H23NO2/c1-3-5-6-10(4-2)9-11-7-8-12(15)14-13(11)16/h10-11H,3-9H2,1-2H3,(H,14,15,16). The number of hydrogen-bond donors (Lipinski definition) is 1. The quantitative estimate of drug-likeness (QED) is 0.706. The maximum absolute atomic E-state index is 11.6. The molecule has 1 N–H and O–H groups in total. The van der Waals surface area contributed by atoms with Gasteiger partial charge in [0.25, 0.3) is 0 Å². The van der Waals surface area contributed by atoms with Gasteiger partial charge in [-0.15, -0.1) is 0 Å². The number of hydrogen-bond acceptors (Lipinski definition) is 2. The highest BCUT2D eigenvalue weighted by molar-refractivity contribution is 5.98. The molecule has 1 heterocycles. The third kappa shape index (κ3) is 3.95. The van der Waals surface area contributed by atoms with Crippen molar-refractivity contribution in [2.24, 2.45) is 11.8 Å². The van der Waals surface area contributed by atoms with Crippen molar-refractivity contribution in [3.63, 3.8) is 0 Å². The number of unbranched alkanes of at least 4 members (excludes halogenated alkanes) is 1. The molecule has 2 amide bonds. The van der Waals surface area contributed by atoms with Gasteiger partial charge in [-0.25, -0.2) is 0 Å². The molecule has 0 radical (unpaired) electrons. The van der Waals surface area contributed by atoms with E-state index < -0.39 is 0 Å². The van der Waals surface area contributed by atoms with Crippen molar-refractivity contribution in [1.82, 2.24) is 5.32 Å². The second-order valence-electron chi connectivity index (χ2n) is 4.80. The zero-order valence-corrected chi connectivity index (χ0v) is 10.4. The second-order valence-corrected chi connectivity index (χ2v) is 4.80. The fourth-order valence-corrected chi connectivity index (χ4v) is 2.35. The summed E-state index contributed by atoms with van der Waals surface area (Å²) in [5, 5.41) is 2.44. The Balaban J connectivity index is 2.39. The highest BCUT2D eigenvalue weighted by atomic mass is 16.2. The zero-order chi connectivity index (χ0) is 12.0. The molecule has 3 nitrogen and oxygen atoms in total. The first kappa shape index (κ1) is 13.2. The molecule has 0 aliphatic carbocycles. The third-order valence-electron chi connectivity index (χ3n) is 3.51. The lowest BCUT2D eigenvalue weighted by Gasteiger charge is -2.24. The molecule has 0 aromatic carbocycles. The third-order valence-corrected chi connectivity index (χ3v) is 3.51. The van der Waals surface area contributed by atoms with Crippen molar-refractivity contribution in [3.8, 4) is 0 Å². The van der Waals surface area contributed by atoms with Crippen LogP contribution in [-0.2, 0) is 9.59 Å². The van der Waals surface area contributed by atoms with Crippen molar-refractivity contribution >= 4 is 11.8 Å². The van der Waals surface area contributed by atoms with Gasteiger partial charge < -0.3 is 0 Å². The molecule has 1 fully saturated rings. The minimum atomic E-state index is -0.108. The van der Waals surface area contributed by atoms with Crippen LogP contribution < -0.4 is 5.32 Å². The van der Waals surface area contributed by atoms with E-state index in [1.165, 1.54) is 19.3 Å². The average molecular weight is 225 g/mol. The minimum absolute atomic E-state index is 0.0498. The first-order valence-corrected chi connectivity index (χ1v) is 6.51. The molecule has 1 saturated heterocycles. The Kier molecular flexibility index (Phi) is 5.50. The van der Waals surface area contributed by atoms with Crippen LogP contribution in [0.15, 0.2) is 0 Å². The summed E-state index contributed by atoms with van der Waals surface area (Å²) in [6.07, 6.45) is 7.02. The first-order chi connectivity index (χ1) is 7.67. The molecule has 0 spiro atoms. The fraction of sp³-hybridized carbons (Fsp3) is 0.846. The van der Waals surface area contributed by atoms with E-state index in [4.69, 9.17) is 0 Å². The summed E-state index contributed by atoms with van der Waals surface area (Å²) in [6.45, 7) is 4.38. The topological polar surface area (TPSA) is 46.2 Å². The number of piperidine rings is 1. The molecule has 1 aliphatic rings. The van der Waals surface area contributed by atoms with E-state index in [2.05, 4.69) is 19.2 Å². The van der Waals surface area contributed by atoms with Crippen molar-refractivity contribution in [1.29, 1.82) is 0 Å². The largest absolute Gasteiger partial charge is 0.296 e. The molecule has 92 valence electrons. The van der Waals surface area contributed by atoms with Crippen LogP contribution in [0, 0.1) is 11.8 Å². The number of nitrogens with one attached hydrogen (secondary N) is 1. The van der Waals surface area contributed by atoms with Crippen LogP contribution in [-0.4, -0.2) is 11.8 Å². The predicted molar refractivity (Wildman–Crippen MR) is 63.8 cm³/mol. The Hall–Kier alpha value is -0.860. The van der Waals surface area contributed by atoms with Crippen molar-refractivity contribution in [3.05, 3.63) is 0 Å². The highest BCUT2D eigenvalue weighted by Crippen LogP contribution is 2.26. The van der Waals surface area contributed by atoms with Crippen LogP contribution in [0.4, 0.5) is 0 Å². The van der Waals surface area contributed by atoms with E-state index in [9.17, 15) is 9.59 Å². The van der Waals surface area contributed by atoms with Crippen molar-refractivity contribution < 1.29 is 9.59 Å². The van der Waals surface area contributed by atoms with Crippen LogP contribution >= 0.6 is 0 Å². The maximum Gasteiger partial charge on any atom is 0.229 e. The van der Waals surface area contributed by atoms with Gasteiger partial charge in [0.1, 0.15) is 0 Å². The summed E-state index contributed by atoms with van der Waals surface area (Å²) < 4.78 is 0. The smallest absolute Gasteiger partial charge is 0.229 e. The summed E-state index contributed by atoms with van der Waals surface area (Å²) in [7, 11) is 0. The van der Waals surface area contributed by atoms with Gasteiger partial charge in [0.05, 0.1) is 0 Å². The normalized spacial score (nSPS) is 23.0. The second kappa shape index (κ2) is 6.66. The van der Waals surface area contributed by atoms with Gasteiger partial charge in [-0.05, 0) is 18.8 Å². The Bertz CT molecular complexity index is 250. The number of imide groups is 1. The molecule has 3 heteroatoms. The molecule has 0 aromatic heterocycles. The van der Waals surface area contributed by atoms with Gasteiger partial charge in [-0.3, -0.25) is 14.9 Å². The molecule has 2 unspecified atom stereocenters. The number of carbonyl (C=O) groups excluding carboxylic acids is 2. The van der Waals surface area contributed by atoms with Gasteiger partial charge in [-0.1, -0.05) is 39.5 Å². The highest BCUT2D eigenvalue weighted by Gasteiger charge is 2.28. The summed E-state index contributed by atoms with van der Waals surface area (Å²) in [6, 6.07) is 0. The van der Waals surface area contributed by atoms with Gasteiger partial charge in [0, 0.05) is 12.3 Å². The Morgan fingerprint density at radius 1 is 1.38 bits per heavy atom. The molecule has 2 atom stereocenters. The summed E-state index contributed by atoms with van der Waals surface area (Å²) in [5.41, 5.74) is 0. The summed E-state index contributed by atoms with van der Waals surface area (Å²) >= 11 is 0. The van der Waals surface area contributed by atoms with Crippen LogP contribution in [0.5, 0.6) is 0 Å². The van der Waals surface area contributed by atoms with Crippen molar-refractivity contribution in [2.45, 2.75) is 58.8 Å². The first-order valence-electron chi connectivity index (χ1n) is 6.51. The maximum atomic E-state index is 11.6. The van der Waals surface area contributed by atoms with Gasteiger partial charge in [0.15, 0.2) is 0 Å². The van der Waals surface area contributed by atoms with E-state index in [1.54, 1.807) is 0 Å². The van der Waals surface area contributed by atoms with Crippen LogP contribution in [0.3, 0.4) is 0 Å². The van der Waals surface area contributed by atoms with E-state index in [1.807, 2.05) is 0 Å². The molecule has 0 saturated carbocycles. The number of rotatable bonds is 6. The fourth-order valence-electron chi connectivity index (χ4n) is 2.35. The predicted octanol–water partition coefficient (Wildman–Crippen LogP) is 2.65. The molecular formula is C13H23NO2. The average Bonchev–Trinajstić information content (AvgIpc) is 2.27. The molecular weight excluding hydrogens is 202 g/mol. The van der Waals surface area contributed by atoms with E-state index in [0.717, 1.165) is 19.3 Å². The summed E-state index contributed by atoms with van der Waals surface area (Å²) in [4.78, 5) is 22.6. The van der Waals surface area contributed by atoms with Gasteiger partial charge in [-0.2, -0.15) is 0 Å². The van der Waals surface area contributed by atoms with Crippen LogP contribution in [0.1, 0.15) is 58.8 Å². The monoisotopic (exact) mass is 225 g/mol. The summed E-state index contributed by atoms with van der Waals surface area (Å²) in [5.74, 6) is 0.553. The Labute approximate surface area is 98.0 Å². The Morgan fingerprint density at radius 3 is 2.69 bits per heavy atom. The van der Waals surface area contributed by atoms with Crippen LogP contribution in [0.25, 0.3) is 0 Å². The lowest BCUT2D eigenvalue weighted by atomic mass is 9.84. The molecule has 0 aromatic rings. The van der Waals surface area contributed by atoms with E-state index in [-0.39, 0.29) is 17.7 Å². The zero-order valence-electron chi connectivity index (χ0n) is 10.4. The SMILES string of the molecule is CCCCC(CC)CC1CCC(=O)NC1=O.